The van der Waals surface area contributed by atoms with E-state index in [-0.39, 0.29) is 36.1 Å². The van der Waals surface area contributed by atoms with E-state index in [0.29, 0.717) is 6.54 Å². The minimum atomic E-state index is -0.0751. The molecule has 2 aliphatic heterocycles. The number of likely N-dealkylation sites (tertiary alicyclic amines) is 1. The van der Waals surface area contributed by atoms with Crippen molar-refractivity contribution in [3.8, 4) is 0 Å². The molecule has 0 spiro atoms. The highest BCUT2D eigenvalue weighted by Crippen LogP contribution is 2.33. The Kier molecular flexibility index (Phi) is 7.52. The molecular weight excluding hydrogens is 440 g/mol. The third-order valence-corrected chi connectivity index (χ3v) is 8.00. The third kappa shape index (κ3) is 5.53. The zero-order valence-corrected chi connectivity index (χ0v) is 20.2. The highest BCUT2D eigenvalue weighted by Gasteiger charge is 2.31. The lowest BCUT2D eigenvalue weighted by atomic mass is 9.99. The average Bonchev–Trinajstić information content (AvgIpc) is 3.54. The molecule has 6 nitrogen and oxygen atoms in total. The number of nitrogens with zero attached hydrogens (tertiary/aromatic N) is 2. The number of amides is 2. The standard InChI is InChI=1S/C24H30N4O2S2/c1-16-5-3-6-17(2)19(16)13-18-15-32-22(27-18)14-26-21(29)8-9-23(30)28-11-4-7-20(28)24-25-10-12-31-24/h3,5-6,10,12,15,20,22,27H,4,7-9,11,13-14H2,1-2H3,(H,26,29). The van der Waals surface area contributed by atoms with E-state index < -0.39 is 0 Å². The van der Waals surface area contributed by atoms with E-state index in [2.05, 4.69) is 53.1 Å². The summed E-state index contributed by atoms with van der Waals surface area (Å²) in [6.45, 7) is 5.58. The SMILES string of the molecule is Cc1cccc(C)c1CC1=CSC(CNC(=O)CCC(=O)N2CCCC2c2nccs2)N1. The summed E-state index contributed by atoms with van der Waals surface area (Å²) in [5.41, 5.74) is 5.14. The van der Waals surface area contributed by atoms with Crippen LogP contribution in [-0.2, 0) is 16.0 Å². The lowest BCUT2D eigenvalue weighted by molar-refractivity contribution is -0.134. The van der Waals surface area contributed by atoms with Gasteiger partial charge in [0.25, 0.3) is 0 Å². The van der Waals surface area contributed by atoms with Crippen LogP contribution in [0.2, 0.25) is 0 Å². The van der Waals surface area contributed by atoms with E-state index in [9.17, 15) is 9.59 Å². The number of aromatic nitrogens is 1. The van der Waals surface area contributed by atoms with Crippen molar-refractivity contribution < 1.29 is 9.59 Å². The number of hydrogen-bond donors (Lipinski definition) is 2. The van der Waals surface area contributed by atoms with Gasteiger partial charge >= 0.3 is 0 Å². The van der Waals surface area contributed by atoms with Crippen LogP contribution >= 0.6 is 23.1 Å². The monoisotopic (exact) mass is 470 g/mol. The summed E-state index contributed by atoms with van der Waals surface area (Å²) in [6, 6.07) is 6.45. The molecule has 3 heterocycles. The predicted molar refractivity (Wildman–Crippen MR) is 130 cm³/mol. The predicted octanol–water partition coefficient (Wildman–Crippen LogP) is 4.07. The van der Waals surface area contributed by atoms with Gasteiger partial charge in [0.05, 0.1) is 11.4 Å². The van der Waals surface area contributed by atoms with Crippen LogP contribution in [0.25, 0.3) is 0 Å². The molecule has 2 unspecified atom stereocenters. The van der Waals surface area contributed by atoms with Crippen LogP contribution in [0.5, 0.6) is 0 Å². The van der Waals surface area contributed by atoms with Gasteiger partial charge in [-0.2, -0.15) is 0 Å². The normalized spacial score (nSPS) is 20.2. The van der Waals surface area contributed by atoms with E-state index >= 15 is 0 Å². The third-order valence-electron chi connectivity index (χ3n) is 6.09. The first kappa shape index (κ1) is 22.9. The Balaban J connectivity index is 1.18. The number of hydrogen-bond acceptors (Lipinski definition) is 6. The summed E-state index contributed by atoms with van der Waals surface area (Å²) in [5.74, 6) is -0.0299. The molecule has 4 rings (SSSR count). The van der Waals surface area contributed by atoms with Gasteiger partial charge < -0.3 is 15.5 Å². The molecule has 2 aliphatic rings. The molecule has 0 saturated carbocycles. The Morgan fingerprint density at radius 1 is 1.25 bits per heavy atom. The summed E-state index contributed by atoms with van der Waals surface area (Å²) < 4.78 is 0. The fraction of sp³-hybridized carbons (Fsp3) is 0.458. The van der Waals surface area contributed by atoms with Gasteiger partial charge in [0.2, 0.25) is 11.8 Å². The maximum Gasteiger partial charge on any atom is 0.223 e. The Bertz CT molecular complexity index is 970. The minimum absolute atomic E-state index is 0.0452. The number of benzene rings is 1. The number of allylic oxidation sites excluding steroid dienone is 1. The Hall–Kier alpha value is -2.32. The average molecular weight is 471 g/mol. The zero-order valence-electron chi connectivity index (χ0n) is 18.6. The highest BCUT2D eigenvalue weighted by atomic mass is 32.2. The van der Waals surface area contributed by atoms with Gasteiger partial charge in [-0.15, -0.1) is 23.1 Å². The molecule has 1 fully saturated rings. The van der Waals surface area contributed by atoms with Crippen LogP contribution in [0.1, 0.15) is 53.4 Å². The number of thioether (sulfide) groups is 1. The van der Waals surface area contributed by atoms with Crippen molar-refractivity contribution in [2.45, 2.75) is 57.4 Å². The molecule has 2 amide bonds. The lowest BCUT2D eigenvalue weighted by Gasteiger charge is -2.23. The molecule has 0 bridgehead atoms. The highest BCUT2D eigenvalue weighted by molar-refractivity contribution is 8.03. The zero-order chi connectivity index (χ0) is 22.5. The molecule has 0 aliphatic carbocycles. The van der Waals surface area contributed by atoms with E-state index in [1.54, 1.807) is 29.3 Å². The van der Waals surface area contributed by atoms with Gasteiger partial charge in [-0.05, 0) is 48.8 Å². The van der Waals surface area contributed by atoms with E-state index in [1.165, 1.54) is 22.4 Å². The van der Waals surface area contributed by atoms with Crippen molar-refractivity contribution in [3.63, 3.8) is 0 Å². The maximum absolute atomic E-state index is 12.7. The van der Waals surface area contributed by atoms with Crippen molar-refractivity contribution >= 4 is 34.9 Å². The van der Waals surface area contributed by atoms with Crippen molar-refractivity contribution in [1.82, 2.24) is 20.5 Å². The molecule has 170 valence electrons. The van der Waals surface area contributed by atoms with Crippen LogP contribution < -0.4 is 10.6 Å². The summed E-state index contributed by atoms with van der Waals surface area (Å²) in [4.78, 5) is 31.3. The van der Waals surface area contributed by atoms with Crippen LogP contribution in [0, 0.1) is 13.8 Å². The number of nitrogens with one attached hydrogen (secondary N) is 2. The Morgan fingerprint density at radius 2 is 2.06 bits per heavy atom. The van der Waals surface area contributed by atoms with Crippen molar-refractivity contribution in [2.24, 2.45) is 0 Å². The summed E-state index contributed by atoms with van der Waals surface area (Å²) >= 11 is 3.29. The van der Waals surface area contributed by atoms with Gasteiger partial charge in [0, 0.05) is 49.6 Å². The Labute approximate surface area is 197 Å². The first-order chi connectivity index (χ1) is 15.5. The molecule has 2 N–H and O–H groups in total. The van der Waals surface area contributed by atoms with Gasteiger partial charge in [-0.25, -0.2) is 4.98 Å². The van der Waals surface area contributed by atoms with Gasteiger partial charge in [0.1, 0.15) is 5.01 Å². The molecule has 1 saturated heterocycles. The molecule has 2 aromatic rings. The molecular formula is C24H30N4O2S2. The maximum atomic E-state index is 12.7. The summed E-state index contributed by atoms with van der Waals surface area (Å²) in [5, 5.41) is 11.7. The molecule has 1 aromatic carbocycles. The molecule has 32 heavy (non-hydrogen) atoms. The largest absolute Gasteiger partial charge is 0.374 e. The van der Waals surface area contributed by atoms with Gasteiger partial charge in [-0.3, -0.25) is 9.59 Å². The van der Waals surface area contributed by atoms with Gasteiger partial charge in [-0.1, -0.05) is 18.2 Å². The smallest absolute Gasteiger partial charge is 0.223 e. The number of thiazole rings is 1. The molecule has 2 atom stereocenters. The van der Waals surface area contributed by atoms with E-state index in [1.807, 2.05) is 10.3 Å². The van der Waals surface area contributed by atoms with E-state index in [0.717, 1.165) is 30.8 Å². The lowest BCUT2D eigenvalue weighted by Crippen LogP contribution is -2.37. The second-order valence-corrected chi connectivity index (χ2v) is 10.4. The number of rotatable bonds is 8. The topological polar surface area (TPSA) is 74.3 Å². The Morgan fingerprint density at radius 3 is 2.81 bits per heavy atom. The first-order valence-electron chi connectivity index (χ1n) is 11.1. The molecule has 8 heteroatoms. The van der Waals surface area contributed by atoms with Crippen molar-refractivity contribution in [2.75, 3.05) is 13.1 Å². The quantitative estimate of drug-likeness (QED) is 0.608. The fourth-order valence-electron chi connectivity index (χ4n) is 4.33. The summed E-state index contributed by atoms with van der Waals surface area (Å²) in [6.07, 6.45) is 5.07. The van der Waals surface area contributed by atoms with Crippen LogP contribution in [0.15, 0.2) is 40.9 Å². The second-order valence-electron chi connectivity index (χ2n) is 8.38. The van der Waals surface area contributed by atoms with Crippen LogP contribution in [0.4, 0.5) is 0 Å². The minimum Gasteiger partial charge on any atom is -0.374 e. The van der Waals surface area contributed by atoms with E-state index in [4.69, 9.17) is 0 Å². The summed E-state index contributed by atoms with van der Waals surface area (Å²) in [7, 11) is 0. The molecule has 1 aromatic heterocycles. The second kappa shape index (κ2) is 10.5. The number of aryl methyl sites for hydroxylation is 2. The van der Waals surface area contributed by atoms with Crippen LogP contribution in [0.3, 0.4) is 0 Å². The van der Waals surface area contributed by atoms with Crippen LogP contribution in [-0.4, -0.2) is 40.2 Å². The van der Waals surface area contributed by atoms with Crippen molar-refractivity contribution in [1.29, 1.82) is 0 Å². The number of carbonyl (C=O) groups is 2. The number of carbonyl (C=O) groups excluding carboxylic acids is 2. The fourth-order valence-corrected chi connectivity index (χ4v) is 5.99. The van der Waals surface area contributed by atoms with Crippen molar-refractivity contribution in [3.05, 3.63) is 62.6 Å². The van der Waals surface area contributed by atoms with Gasteiger partial charge in [0.15, 0.2) is 0 Å². The molecule has 0 radical (unpaired) electrons. The first-order valence-corrected chi connectivity index (χ1v) is 12.9.